The second-order valence-corrected chi connectivity index (χ2v) is 6.45. The second-order valence-electron chi connectivity index (χ2n) is 6.45. The van der Waals surface area contributed by atoms with Crippen molar-refractivity contribution in [3.05, 3.63) is 71.3 Å². The van der Waals surface area contributed by atoms with Gasteiger partial charge in [-0.05, 0) is 44.2 Å². The molecule has 0 bridgehead atoms. The van der Waals surface area contributed by atoms with E-state index in [0.717, 1.165) is 34.3 Å². The van der Waals surface area contributed by atoms with Crippen molar-refractivity contribution in [1.29, 1.82) is 0 Å². The molecule has 0 spiro atoms. The second kappa shape index (κ2) is 7.15. The van der Waals surface area contributed by atoms with Crippen LogP contribution in [0.3, 0.4) is 0 Å². The third kappa shape index (κ3) is 3.38. The summed E-state index contributed by atoms with van der Waals surface area (Å²) in [7, 11) is 0. The largest absolute Gasteiger partial charge is 0.486 e. The summed E-state index contributed by atoms with van der Waals surface area (Å²) in [6.45, 7) is 5.43. The minimum atomic E-state index is -0.113. The molecule has 3 heterocycles. The molecule has 0 saturated carbocycles. The molecular weight excluding hydrogens is 342 g/mol. The first-order chi connectivity index (χ1) is 13.1. The molecule has 0 saturated heterocycles. The number of aromatic nitrogens is 2. The van der Waals surface area contributed by atoms with Gasteiger partial charge in [-0.1, -0.05) is 6.07 Å². The summed E-state index contributed by atoms with van der Waals surface area (Å²) >= 11 is 0. The smallest absolute Gasteiger partial charge is 0.253 e. The fourth-order valence-corrected chi connectivity index (χ4v) is 3.33. The van der Waals surface area contributed by atoms with E-state index < -0.39 is 0 Å². The van der Waals surface area contributed by atoms with Gasteiger partial charge in [-0.25, -0.2) is 0 Å². The van der Waals surface area contributed by atoms with Gasteiger partial charge < -0.3 is 19.4 Å². The van der Waals surface area contributed by atoms with Crippen molar-refractivity contribution in [2.75, 3.05) is 13.2 Å². The lowest BCUT2D eigenvalue weighted by atomic mass is 10.2. The molecule has 6 heteroatoms. The monoisotopic (exact) mass is 363 g/mol. The van der Waals surface area contributed by atoms with E-state index in [1.165, 1.54) is 0 Å². The summed E-state index contributed by atoms with van der Waals surface area (Å²) < 4.78 is 13.3. The number of fused-ring (bicyclic) bond motifs is 1. The number of nitrogens with one attached hydrogen (secondary N) is 1. The van der Waals surface area contributed by atoms with E-state index in [1.54, 1.807) is 6.20 Å². The van der Waals surface area contributed by atoms with Crippen LogP contribution in [0.15, 0.2) is 48.7 Å². The highest BCUT2D eigenvalue weighted by Crippen LogP contribution is 2.33. The van der Waals surface area contributed by atoms with Gasteiger partial charge in [-0.15, -0.1) is 0 Å². The number of carbonyl (C=O) groups excluding carboxylic acids is 1. The van der Waals surface area contributed by atoms with Crippen molar-refractivity contribution in [2.45, 2.75) is 20.4 Å². The molecule has 138 valence electrons. The zero-order chi connectivity index (χ0) is 18.8. The van der Waals surface area contributed by atoms with Crippen LogP contribution in [0.25, 0.3) is 5.69 Å². The number of benzene rings is 1. The Kier molecular flexibility index (Phi) is 4.54. The van der Waals surface area contributed by atoms with Crippen molar-refractivity contribution < 1.29 is 14.3 Å². The average Bonchev–Trinajstić information content (AvgIpc) is 3.00. The van der Waals surface area contributed by atoms with Gasteiger partial charge >= 0.3 is 0 Å². The van der Waals surface area contributed by atoms with Crippen LogP contribution in [-0.2, 0) is 6.54 Å². The maximum atomic E-state index is 12.7. The Labute approximate surface area is 157 Å². The van der Waals surface area contributed by atoms with E-state index in [9.17, 15) is 4.79 Å². The molecule has 3 aromatic rings. The highest BCUT2D eigenvalue weighted by Gasteiger charge is 2.19. The third-order valence-corrected chi connectivity index (χ3v) is 4.62. The Morgan fingerprint density at radius 2 is 1.93 bits per heavy atom. The summed E-state index contributed by atoms with van der Waals surface area (Å²) in [5.41, 5.74) is 4.28. The molecule has 6 nitrogen and oxygen atoms in total. The average molecular weight is 363 g/mol. The number of aryl methyl sites for hydroxylation is 1. The van der Waals surface area contributed by atoms with E-state index in [2.05, 4.69) is 10.3 Å². The lowest BCUT2D eigenvalue weighted by Gasteiger charge is -2.20. The first-order valence-corrected chi connectivity index (χ1v) is 8.90. The number of amides is 1. The topological polar surface area (TPSA) is 65.4 Å². The lowest BCUT2D eigenvalue weighted by Crippen LogP contribution is -2.23. The minimum Gasteiger partial charge on any atom is -0.486 e. The van der Waals surface area contributed by atoms with Crippen LogP contribution in [-0.4, -0.2) is 28.7 Å². The van der Waals surface area contributed by atoms with Crippen LogP contribution in [0.1, 0.15) is 27.4 Å². The fourth-order valence-electron chi connectivity index (χ4n) is 3.33. The standard InChI is InChI=1S/C21H21N3O3/c1-14-11-18(21(25)23-13-16-5-3-4-8-22-16)15(2)24(14)17-6-7-19-20(12-17)27-10-9-26-19/h3-8,11-12H,9-10,13H2,1-2H3,(H,23,25). The Bertz CT molecular complexity index is 980. The normalized spacial score (nSPS) is 12.7. The molecule has 4 rings (SSSR count). The molecular formula is C21H21N3O3. The van der Waals surface area contributed by atoms with Gasteiger partial charge in [-0.3, -0.25) is 9.78 Å². The summed E-state index contributed by atoms with van der Waals surface area (Å²) in [6, 6.07) is 13.4. The minimum absolute atomic E-state index is 0.113. The fraction of sp³-hybridized carbons (Fsp3) is 0.238. The molecule has 0 fully saturated rings. The van der Waals surface area contributed by atoms with Crippen LogP contribution in [0.5, 0.6) is 11.5 Å². The molecule has 0 radical (unpaired) electrons. The van der Waals surface area contributed by atoms with Gasteiger partial charge in [0.15, 0.2) is 11.5 Å². The third-order valence-electron chi connectivity index (χ3n) is 4.62. The van der Waals surface area contributed by atoms with Gasteiger partial charge in [0.1, 0.15) is 13.2 Å². The lowest BCUT2D eigenvalue weighted by molar-refractivity contribution is 0.0950. The van der Waals surface area contributed by atoms with Gasteiger partial charge in [0, 0.05) is 29.3 Å². The van der Waals surface area contributed by atoms with E-state index >= 15 is 0 Å². The number of rotatable bonds is 4. The maximum Gasteiger partial charge on any atom is 0.253 e. The molecule has 27 heavy (non-hydrogen) atoms. The summed E-state index contributed by atoms with van der Waals surface area (Å²) in [5.74, 6) is 1.37. The van der Waals surface area contributed by atoms with Crippen molar-refractivity contribution >= 4 is 5.91 Å². The number of hydrogen-bond acceptors (Lipinski definition) is 4. The Morgan fingerprint density at radius 1 is 1.11 bits per heavy atom. The number of ether oxygens (including phenoxy) is 2. The van der Waals surface area contributed by atoms with E-state index in [0.29, 0.717) is 25.3 Å². The van der Waals surface area contributed by atoms with Crippen LogP contribution in [0, 0.1) is 13.8 Å². The van der Waals surface area contributed by atoms with Gasteiger partial charge in [0.25, 0.3) is 5.91 Å². The van der Waals surface area contributed by atoms with Crippen molar-refractivity contribution in [3.63, 3.8) is 0 Å². The van der Waals surface area contributed by atoms with E-state index in [1.807, 2.05) is 60.9 Å². The highest BCUT2D eigenvalue weighted by atomic mass is 16.6. The van der Waals surface area contributed by atoms with E-state index in [4.69, 9.17) is 9.47 Å². The number of hydrogen-bond donors (Lipinski definition) is 1. The molecule has 2 aromatic heterocycles. The quantitative estimate of drug-likeness (QED) is 0.773. The summed E-state index contributed by atoms with van der Waals surface area (Å²) in [5, 5.41) is 2.94. The van der Waals surface area contributed by atoms with Gasteiger partial charge in [0.05, 0.1) is 17.8 Å². The van der Waals surface area contributed by atoms with Crippen LogP contribution in [0.4, 0.5) is 0 Å². The Morgan fingerprint density at radius 3 is 2.70 bits per heavy atom. The molecule has 0 aliphatic carbocycles. The number of pyridine rings is 1. The van der Waals surface area contributed by atoms with E-state index in [-0.39, 0.29) is 5.91 Å². The summed E-state index contributed by atoms with van der Waals surface area (Å²) in [4.78, 5) is 16.9. The zero-order valence-electron chi connectivity index (χ0n) is 15.4. The first-order valence-electron chi connectivity index (χ1n) is 8.90. The van der Waals surface area contributed by atoms with Crippen molar-refractivity contribution in [3.8, 4) is 17.2 Å². The van der Waals surface area contributed by atoms with Gasteiger partial charge in [-0.2, -0.15) is 0 Å². The maximum absolute atomic E-state index is 12.7. The molecule has 1 aliphatic heterocycles. The Balaban J connectivity index is 1.59. The van der Waals surface area contributed by atoms with Gasteiger partial charge in [0.2, 0.25) is 0 Å². The highest BCUT2D eigenvalue weighted by molar-refractivity contribution is 5.95. The van der Waals surface area contributed by atoms with Crippen LogP contribution in [0.2, 0.25) is 0 Å². The molecule has 1 aliphatic rings. The SMILES string of the molecule is Cc1cc(C(=O)NCc2ccccn2)c(C)n1-c1ccc2c(c1)OCCO2. The van der Waals surface area contributed by atoms with Crippen molar-refractivity contribution in [1.82, 2.24) is 14.9 Å². The molecule has 0 unspecified atom stereocenters. The van der Waals surface area contributed by atoms with Crippen molar-refractivity contribution in [2.24, 2.45) is 0 Å². The predicted octanol–water partition coefficient (Wildman–Crippen LogP) is 3.19. The zero-order valence-corrected chi connectivity index (χ0v) is 15.4. The Hall–Kier alpha value is -3.28. The molecule has 1 N–H and O–H groups in total. The molecule has 1 aromatic carbocycles. The predicted molar refractivity (Wildman–Crippen MR) is 102 cm³/mol. The molecule has 1 amide bonds. The van der Waals surface area contributed by atoms with Crippen LogP contribution >= 0.6 is 0 Å². The molecule has 0 atom stereocenters. The summed E-state index contributed by atoms with van der Waals surface area (Å²) in [6.07, 6.45) is 1.72. The number of nitrogens with zero attached hydrogens (tertiary/aromatic N) is 2. The first kappa shape index (κ1) is 17.1. The van der Waals surface area contributed by atoms with Crippen LogP contribution < -0.4 is 14.8 Å². The number of carbonyl (C=O) groups is 1.